The van der Waals surface area contributed by atoms with Gasteiger partial charge in [-0.15, -0.1) is 0 Å². The number of hydrogen-bond acceptors (Lipinski definition) is 5. The van der Waals surface area contributed by atoms with E-state index >= 15 is 0 Å². The number of pyridine rings is 1. The van der Waals surface area contributed by atoms with E-state index < -0.39 is 16.0 Å². The summed E-state index contributed by atoms with van der Waals surface area (Å²) in [6.07, 6.45) is 3.72. The Labute approximate surface area is 124 Å². The fraction of sp³-hybridized carbons (Fsp3) is 0.538. The van der Waals surface area contributed by atoms with Gasteiger partial charge >= 0.3 is 5.97 Å². The lowest BCUT2D eigenvalue weighted by Gasteiger charge is -2.16. The number of nitrogens with one attached hydrogen (secondary N) is 1. The summed E-state index contributed by atoms with van der Waals surface area (Å²) < 4.78 is 26.0. The van der Waals surface area contributed by atoms with Crippen LogP contribution in [0.1, 0.15) is 25.7 Å². The SMILES string of the molecule is O=C(O)CCCS(=O)(=O)Nc1ccc(N2CCCC2)nc1. The maximum Gasteiger partial charge on any atom is 0.303 e. The third-order valence-corrected chi connectivity index (χ3v) is 4.63. The van der Waals surface area contributed by atoms with Crippen LogP contribution >= 0.6 is 0 Å². The van der Waals surface area contributed by atoms with Crippen molar-refractivity contribution in [3.8, 4) is 0 Å². The molecule has 0 atom stereocenters. The van der Waals surface area contributed by atoms with Crippen LogP contribution in [0.25, 0.3) is 0 Å². The van der Waals surface area contributed by atoms with Crippen molar-refractivity contribution >= 4 is 27.5 Å². The summed E-state index contributed by atoms with van der Waals surface area (Å²) in [6, 6.07) is 3.47. The number of aromatic nitrogens is 1. The van der Waals surface area contributed by atoms with Crippen LogP contribution in [-0.2, 0) is 14.8 Å². The molecule has 0 bridgehead atoms. The van der Waals surface area contributed by atoms with Crippen molar-refractivity contribution in [1.82, 2.24) is 4.98 Å². The van der Waals surface area contributed by atoms with Crippen LogP contribution in [0.3, 0.4) is 0 Å². The maximum absolute atomic E-state index is 11.8. The van der Waals surface area contributed by atoms with Gasteiger partial charge in [0.2, 0.25) is 10.0 Å². The van der Waals surface area contributed by atoms with Gasteiger partial charge in [-0.2, -0.15) is 0 Å². The largest absolute Gasteiger partial charge is 0.481 e. The van der Waals surface area contributed by atoms with E-state index in [0.717, 1.165) is 31.7 Å². The molecule has 1 aromatic rings. The Morgan fingerprint density at radius 1 is 1.33 bits per heavy atom. The molecule has 0 radical (unpaired) electrons. The average Bonchev–Trinajstić information content (AvgIpc) is 2.92. The molecule has 0 aromatic carbocycles. The van der Waals surface area contributed by atoms with Gasteiger partial charge in [-0.25, -0.2) is 13.4 Å². The summed E-state index contributed by atoms with van der Waals surface area (Å²) in [4.78, 5) is 16.8. The fourth-order valence-electron chi connectivity index (χ4n) is 2.22. The van der Waals surface area contributed by atoms with Crippen LogP contribution in [0.4, 0.5) is 11.5 Å². The number of sulfonamides is 1. The standard InChI is InChI=1S/C13H19N3O4S/c17-13(18)4-3-9-21(19,20)15-11-5-6-12(14-10-11)16-7-1-2-8-16/h5-6,10,15H,1-4,7-9H2,(H,17,18). The van der Waals surface area contributed by atoms with E-state index in [9.17, 15) is 13.2 Å². The molecule has 2 heterocycles. The Bertz CT molecular complexity index is 580. The molecule has 2 rings (SSSR count). The van der Waals surface area contributed by atoms with Gasteiger partial charge in [0.25, 0.3) is 0 Å². The zero-order valence-corrected chi connectivity index (χ0v) is 12.5. The van der Waals surface area contributed by atoms with E-state index in [-0.39, 0.29) is 18.6 Å². The second kappa shape index (κ2) is 6.75. The molecule has 0 amide bonds. The highest BCUT2D eigenvalue weighted by Gasteiger charge is 2.15. The minimum absolute atomic E-state index is 0.0873. The highest BCUT2D eigenvalue weighted by molar-refractivity contribution is 7.92. The van der Waals surface area contributed by atoms with Gasteiger partial charge < -0.3 is 10.0 Å². The second-order valence-corrected chi connectivity index (χ2v) is 6.86. The molecule has 1 fully saturated rings. The van der Waals surface area contributed by atoms with Gasteiger partial charge in [0.05, 0.1) is 17.6 Å². The lowest BCUT2D eigenvalue weighted by molar-refractivity contribution is -0.137. The number of nitrogens with zero attached hydrogens (tertiary/aromatic N) is 2. The molecule has 7 nitrogen and oxygen atoms in total. The lowest BCUT2D eigenvalue weighted by Crippen LogP contribution is -2.20. The minimum Gasteiger partial charge on any atom is -0.481 e. The molecule has 0 unspecified atom stereocenters. The molecule has 21 heavy (non-hydrogen) atoms. The van der Waals surface area contributed by atoms with Gasteiger partial charge in [-0.1, -0.05) is 0 Å². The zero-order chi connectivity index (χ0) is 15.3. The highest BCUT2D eigenvalue weighted by atomic mass is 32.2. The van der Waals surface area contributed by atoms with Crippen LogP contribution in [0.15, 0.2) is 18.3 Å². The first-order valence-electron chi connectivity index (χ1n) is 6.89. The van der Waals surface area contributed by atoms with Crippen molar-refractivity contribution in [3.05, 3.63) is 18.3 Å². The first-order chi connectivity index (χ1) is 9.96. The molecule has 1 aromatic heterocycles. The van der Waals surface area contributed by atoms with E-state index in [0.29, 0.717) is 5.69 Å². The van der Waals surface area contributed by atoms with Crippen molar-refractivity contribution in [2.24, 2.45) is 0 Å². The highest BCUT2D eigenvalue weighted by Crippen LogP contribution is 2.19. The van der Waals surface area contributed by atoms with Crippen molar-refractivity contribution in [1.29, 1.82) is 0 Å². The molecule has 1 saturated heterocycles. The number of hydrogen-bond donors (Lipinski definition) is 2. The van der Waals surface area contributed by atoms with E-state index in [1.165, 1.54) is 6.20 Å². The maximum atomic E-state index is 11.8. The molecule has 8 heteroatoms. The Morgan fingerprint density at radius 3 is 2.62 bits per heavy atom. The number of anilines is 2. The number of carbonyl (C=O) groups is 1. The smallest absolute Gasteiger partial charge is 0.303 e. The Kier molecular flexibility index (Phi) is 5.00. The summed E-state index contributed by atoms with van der Waals surface area (Å²) in [5.41, 5.74) is 0.397. The normalized spacial score (nSPS) is 15.1. The average molecular weight is 313 g/mol. The molecule has 116 valence electrons. The Morgan fingerprint density at radius 2 is 2.05 bits per heavy atom. The fourth-order valence-corrected chi connectivity index (χ4v) is 3.33. The third kappa shape index (κ3) is 4.89. The summed E-state index contributed by atoms with van der Waals surface area (Å²) >= 11 is 0. The molecular formula is C13H19N3O4S. The first kappa shape index (κ1) is 15.6. The minimum atomic E-state index is -3.53. The molecule has 0 saturated carbocycles. The predicted octanol–water partition coefficient (Wildman–Crippen LogP) is 1.29. The Balaban J connectivity index is 1.91. The van der Waals surface area contributed by atoms with E-state index in [1.807, 2.05) is 0 Å². The van der Waals surface area contributed by atoms with Crippen molar-refractivity contribution in [2.45, 2.75) is 25.7 Å². The van der Waals surface area contributed by atoms with Crippen molar-refractivity contribution in [2.75, 3.05) is 28.5 Å². The second-order valence-electron chi connectivity index (χ2n) is 5.02. The molecule has 0 aliphatic carbocycles. The van der Waals surface area contributed by atoms with Gasteiger partial charge in [-0.05, 0) is 31.4 Å². The number of carboxylic acid groups (broad SMARTS) is 1. The van der Waals surface area contributed by atoms with Crippen LogP contribution in [-0.4, -0.2) is 43.3 Å². The van der Waals surface area contributed by atoms with Crippen molar-refractivity contribution < 1.29 is 18.3 Å². The van der Waals surface area contributed by atoms with Crippen LogP contribution < -0.4 is 9.62 Å². The predicted molar refractivity (Wildman–Crippen MR) is 80.0 cm³/mol. The molecule has 2 N–H and O–H groups in total. The van der Waals surface area contributed by atoms with Crippen LogP contribution in [0.5, 0.6) is 0 Å². The molecular weight excluding hydrogens is 294 g/mol. The van der Waals surface area contributed by atoms with E-state index in [4.69, 9.17) is 5.11 Å². The van der Waals surface area contributed by atoms with Crippen LogP contribution in [0.2, 0.25) is 0 Å². The van der Waals surface area contributed by atoms with Crippen LogP contribution in [0, 0.1) is 0 Å². The summed E-state index contributed by atoms with van der Waals surface area (Å²) in [5.74, 6) is -0.365. The van der Waals surface area contributed by atoms with Gasteiger partial charge in [0.1, 0.15) is 5.82 Å². The third-order valence-electron chi connectivity index (χ3n) is 3.25. The molecule has 1 aliphatic heterocycles. The molecule has 1 aliphatic rings. The molecule has 0 spiro atoms. The van der Waals surface area contributed by atoms with E-state index in [1.54, 1.807) is 12.1 Å². The van der Waals surface area contributed by atoms with Gasteiger partial charge in [-0.3, -0.25) is 9.52 Å². The van der Waals surface area contributed by atoms with E-state index in [2.05, 4.69) is 14.6 Å². The lowest BCUT2D eigenvalue weighted by atomic mass is 10.3. The number of carboxylic acids is 1. The topological polar surface area (TPSA) is 99.6 Å². The number of rotatable bonds is 7. The number of aliphatic carboxylic acids is 1. The van der Waals surface area contributed by atoms with Gasteiger partial charge in [0.15, 0.2) is 0 Å². The quantitative estimate of drug-likeness (QED) is 0.787. The summed E-state index contributed by atoms with van der Waals surface area (Å²) in [5, 5.41) is 8.50. The first-order valence-corrected chi connectivity index (χ1v) is 8.55. The Hall–Kier alpha value is -1.83. The summed E-state index contributed by atoms with van der Waals surface area (Å²) in [7, 11) is -3.53. The summed E-state index contributed by atoms with van der Waals surface area (Å²) in [6.45, 7) is 1.96. The van der Waals surface area contributed by atoms with Crippen molar-refractivity contribution in [3.63, 3.8) is 0 Å². The monoisotopic (exact) mass is 313 g/mol. The zero-order valence-electron chi connectivity index (χ0n) is 11.7. The van der Waals surface area contributed by atoms with Gasteiger partial charge in [0, 0.05) is 19.5 Å².